The highest BCUT2D eigenvalue weighted by atomic mass is 19.1. The molecule has 100 valence electrons. The summed E-state index contributed by atoms with van der Waals surface area (Å²) in [7, 11) is 0. The molecule has 0 amide bonds. The highest BCUT2D eigenvalue weighted by Gasteiger charge is 2.06. The van der Waals surface area contributed by atoms with Gasteiger partial charge < -0.3 is 5.73 Å². The monoisotopic (exact) mass is 269 g/mol. The second-order valence-electron chi connectivity index (χ2n) is 4.32. The molecule has 2 N–H and O–H groups in total. The summed E-state index contributed by atoms with van der Waals surface area (Å²) in [6.07, 6.45) is 8.23. The number of nitrogens with zero attached hydrogens (tertiary/aromatic N) is 4. The van der Waals surface area contributed by atoms with Crippen LogP contribution in [0.3, 0.4) is 0 Å². The molecule has 0 spiro atoms. The first-order chi connectivity index (χ1) is 9.76. The number of aromatic nitrogens is 4. The maximum Gasteiger partial charge on any atom is 0.124 e. The average molecular weight is 269 g/mol. The van der Waals surface area contributed by atoms with Gasteiger partial charge in [-0.1, -0.05) is 0 Å². The number of nitrogens with two attached hydrogens (primary N) is 1. The molecule has 0 bridgehead atoms. The van der Waals surface area contributed by atoms with E-state index in [1.807, 2.05) is 6.07 Å². The molecule has 0 aliphatic heterocycles. The molecule has 0 aliphatic rings. The molecule has 0 fully saturated rings. The van der Waals surface area contributed by atoms with Gasteiger partial charge >= 0.3 is 0 Å². The van der Waals surface area contributed by atoms with Gasteiger partial charge in [0.1, 0.15) is 17.8 Å². The van der Waals surface area contributed by atoms with Gasteiger partial charge in [0, 0.05) is 18.3 Å². The van der Waals surface area contributed by atoms with E-state index >= 15 is 0 Å². The Morgan fingerprint density at radius 2 is 1.85 bits per heavy atom. The normalized spacial score (nSPS) is 10.7. The van der Waals surface area contributed by atoms with Gasteiger partial charge in [-0.2, -0.15) is 5.10 Å². The summed E-state index contributed by atoms with van der Waals surface area (Å²) in [5.74, 6) is -0.307. The number of hydrogen-bond acceptors (Lipinski definition) is 4. The molecule has 2 heterocycles. The maximum atomic E-state index is 13.5. The maximum absolute atomic E-state index is 13.5. The minimum Gasteiger partial charge on any atom is -0.326 e. The van der Waals surface area contributed by atoms with Crippen LogP contribution in [0.5, 0.6) is 0 Å². The quantitative estimate of drug-likeness (QED) is 0.788. The zero-order valence-electron chi connectivity index (χ0n) is 10.6. The SMILES string of the molecule is NCc1cc(F)cc(-c2cnn(-c3cncnc3)c2)c1. The van der Waals surface area contributed by atoms with E-state index in [1.54, 1.807) is 29.5 Å². The summed E-state index contributed by atoms with van der Waals surface area (Å²) in [6, 6.07) is 4.74. The van der Waals surface area contributed by atoms with Crippen LogP contribution in [0.15, 0.2) is 49.3 Å². The van der Waals surface area contributed by atoms with Crippen molar-refractivity contribution in [2.24, 2.45) is 5.73 Å². The summed E-state index contributed by atoms with van der Waals surface area (Å²) >= 11 is 0. The summed E-state index contributed by atoms with van der Waals surface area (Å²) in [5.41, 5.74) is 8.60. The third-order valence-corrected chi connectivity index (χ3v) is 2.92. The van der Waals surface area contributed by atoms with E-state index < -0.39 is 0 Å². The van der Waals surface area contributed by atoms with E-state index in [4.69, 9.17) is 5.73 Å². The molecule has 20 heavy (non-hydrogen) atoms. The summed E-state index contributed by atoms with van der Waals surface area (Å²) < 4.78 is 15.2. The molecule has 0 radical (unpaired) electrons. The number of halogens is 1. The highest BCUT2D eigenvalue weighted by Crippen LogP contribution is 2.22. The Hall–Kier alpha value is -2.60. The van der Waals surface area contributed by atoms with Crippen LogP contribution in [0, 0.1) is 5.82 Å². The largest absolute Gasteiger partial charge is 0.326 e. The third kappa shape index (κ3) is 2.41. The second-order valence-corrected chi connectivity index (χ2v) is 4.32. The second kappa shape index (κ2) is 5.18. The molecule has 3 aromatic rings. The van der Waals surface area contributed by atoms with Crippen LogP contribution in [0.25, 0.3) is 16.8 Å². The van der Waals surface area contributed by atoms with E-state index in [2.05, 4.69) is 15.1 Å². The molecule has 2 aromatic heterocycles. The molecule has 6 heteroatoms. The van der Waals surface area contributed by atoms with Gasteiger partial charge in [0.2, 0.25) is 0 Å². The first-order valence-electron chi connectivity index (χ1n) is 6.06. The van der Waals surface area contributed by atoms with Gasteiger partial charge in [-0.25, -0.2) is 19.0 Å². The molecule has 0 unspecified atom stereocenters. The van der Waals surface area contributed by atoms with Crippen molar-refractivity contribution >= 4 is 0 Å². The van der Waals surface area contributed by atoms with Gasteiger partial charge in [0.15, 0.2) is 0 Å². The van der Waals surface area contributed by atoms with Crippen LogP contribution in [0.4, 0.5) is 4.39 Å². The first-order valence-corrected chi connectivity index (χ1v) is 6.06. The van der Waals surface area contributed by atoms with Crippen LogP contribution in [-0.2, 0) is 6.54 Å². The smallest absolute Gasteiger partial charge is 0.124 e. The molecule has 5 nitrogen and oxygen atoms in total. The highest BCUT2D eigenvalue weighted by molar-refractivity contribution is 5.63. The Labute approximate surface area is 114 Å². The fraction of sp³-hybridized carbons (Fsp3) is 0.0714. The fourth-order valence-corrected chi connectivity index (χ4v) is 1.96. The lowest BCUT2D eigenvalue weighted by molar-refractivity contribution is 0.626. The van der Waals surface area contributed by atoms with Crippen LogP contribution < -0.4 is 5.73 Å². The van der Waals surface area contributed by atoms with Gasteiger partial charge in [0.25, 0.3) is 0 Å². The zero-order chi connectivity index (χ0) is 13.9. The first kappa shape index (κ1) is 12.4. The molecule has 0 saturated carbocycles. The molecule has 1 aromatic carbocycles. The Morgan fingerprint density at radius 1 is 1.05 bits per heavy atom. The van der Waals surface area contributed by atoms with Crippen molar-refractivity contribution in [3.63, 3.8) is 0 Å². The Balaban J connectivity index is 2.00. The Kier molecular flexibility index (Phi) is 3.22. The van der Waals surface area contributed by atoms with E-state index in [-0.39, 0.29) is 5.82 Å². The topological polar surface area (TPSA) is 69.6 Å². The summed E-state index contributed by atoms with van der Waals surface area (Å²) in [6.45, 7) is 0.297. The number of rotatable bonds is 3. The van der Waals surface area contributed by atoms with Crippen molar-refractivity contribution in [3.05, 3.63) is 60.7 Å². The predicted molar refractivity (Wildman–Crippen MR) is 72.4 cm³/mol. The molecular formula is C14H12FN5. The zero-order valence-corrected chi connectivity index (χ0v) is 10.6. The van der Waals surface area contributed by atoms with Crippen LogP contribution in [0.2, 0.25) is 0 Å². The van der Waals surface area contributed by atoms with Crippen molar-refractivity contribution in [1.82, 2.24) is 19.7 Å². The van der Waals surface area contributed by atoms with Gasteiger partial charge in [-0.05, 0) is 29.3 Å². The lowest BCUT2D eigenvalue weighted by Crippen LogP contribution is -1.97. The summed E-state index contributed by atoms with van der Waals surface area (Å²) in [5, 5.41) is 4.23. The van der Waals surface area contributed by atoms with E-state index in [0.29, 0.717) is 6.54 Å². The fourth-order valence-electron chi connectivity index (χ4n) is 1.96. The van der Waals surface area contributed by atoms with Gasteiger partial charge in [0.05, 0.1) is 18.6 Å². The van der Waals surface area contributed by atoms with Crippen LogP contribution in [-0.4, -0.2) is 19.7 Å². The van der Waals surface area contributed by atoms with Gasteiger partial charge in [-0.3, -0.25) is 0 Å². The molecular weight excluding hydrogens is 257 g/mol. The Bertz CT molecular complexity index is 723. The lowest BCUT2D eigenvalue weighted by Gasteiger charge is -2.02. The minimum atomic E-state index is -0.307. The Morgan fingerprint density at radius 3 is 2.60 bits per heavy atom. The average Bonchev–Trinajstić information content (AvgIpc) is 2.97. The van der Waals surface area contributed by atoms with Crippen molar-refractivity contribution in [2.45, 2.75) is 6.54 Å². The summed E-state index contributed by atoms with van der Waals surface area (Å²) in [4.78, 5) is 7.87. The molecule has 0 saturated heterocycles. The lowest BCUT2D eigenvalue weighted by atomic mass is 10.1. The predicted octanol–water partition coefficient (Wildman–Crippen LogP) is 1.93. The van der Waals surface area contributed by atoms with Crippen LogP contribution >= 0.6 is 0 Å². The molecule has 3 rings (SSSR count). The number of hydrogen-bond donors (Lipinski definition) is 1. The van der Waals surface area contributed by atoms with Crippen molar-refractivity contribution in [2.75, 3.05) is 0 Å². The minimum absolute atomic E-state index is 0.297. The third-order valence-electron chi connectivity index (χ3n) is 2.92. The van der Waals surface area contributed by atoms with Gasteiger partial charge in [-0.15, -0.1) is 0 Å². The van der Waals surface area contributed by atoms with Crippen molar-refractivity contribution in [1.29, 1.82) is 0 Å². The standard InChI is InChI=1S/C14H12FN5/c15-13-2-10(4-16)1-11(3-13)12-5-19-20(8-12)14-6-17-9-18-7-14/h1-3,5-9H,4,16H2. The van der Waals surface area contributed by atoms with E-state index in [0.717, 1.165) is 22.4 Å². The van der Waals surface area contributed by atoms with Crippen molar-refractivity contribution in [3.8, 4) is 16.8 Å². The number of benzene rings is 1. The molecule has 0 atom stereocenters. The van der Waals surface area contributed by atoms with E-state index in [1.165, 1.54) is 18.5 Å². The van der Waals surface area contributed by atoms with Crippen LogP contribution in [0.1, 0.15) is 5.56 Å². The van der Waals surface area contributed by atoms with E-state index in [9.17, 15) is 4.39 Å². The van der Waals surface area contributed by atoms with Crippen molar-refractivity contribution < 1.29 is 4.39 Å². The molecule has 0 aliphatic carbocycles.